The molecule has 0 aliphatic carbocycles. The van der Waals surface area contributed by atoms with Crippen molar-refractivity contribution in [2.45, 2.75) is 18.0 Å². The van der Waals surface area contributed by atoms with Crippen molar-refractivity contribution >= 4 is 33.2 Å². The number of rotatable bonds is 11. The summed E-state index contributed by atoms with van der Waals surface area (Å²) in [4.78, 5) is 24.3. The Kier molecular flexibility index (Phi) is 8.04. The third-order valence-corrected chi connectivity index (χ3v) is 6.79. The van der Waals surface area contributed by atoms with E-state index in [-0.39, 0.29) is 30.5 Å². The zero-order valence-corrected chi connectivity index (χ0v) is 19.4. The Morgan fingerprint density at radius 1 is 1.03 bits per heavy atom. The molecule has 9 nitrogen and oxygen atoms in total. The lowest BCUT2D eigenvalue weighted by atomic mass is 10.1. The molecular formula is C22H23N3O6S2. The molecule has 4 N–H and O–H groups in total. The van der Waals surface area contributed by atoms with Crippen LogP contribution in [0.5, 0.6) is 11.5 Å². The number of nitrogens with two attached hydrogens (primary N) is 1. The van der Waals surface area contributed by atoms with E-state index in [9.17, 15) is 18.0 Å². The molecule has 3 aromatic rings. The average Bonchev–Trinajstić information content (AvgIpc) is 3.34. The largest absolute Gasteiger partial charge is 0.493 e. The minimum atomic E-state index is -3.69. The zero-order valence-electron chi connectivity index (χ0n) is 17.7. The molecule has 2 aromatic carbocycles. The normalized spacial score (nSPS) is 11.1. The highest BCUT2D eigenvalue weighted by Crippen LogP contribution is 2.28. The van der Waals surface area contributed by atoms with E-state index in [0.717, 1.165) is 10.4 Å². The maximum atomic E-state index is 12.5. The Morgan fingerprint density at radius 3 is 2.42 bits per heavy atom. The highest BCUT2D eigenvalue weighted by Gasteiger charge is 2.15. The van der Waals surface area contributed by atoms with Crippen LogP contribution in [-0.2, 0) is 27.9 Å². The van der Waals surface area contributed by atoms with Gasteiger partial charge in [0.25, 0.3) is 11.8 Å². The molecule has 1 heterocycles. The van der Waals surface area contributed by atoms with Crippen LogP contribution < -0.4 is 25.2 Å². The third kappa shape index (κ3) is 6.78. The lowest BCUT2D eigenvalue weighted by molar-refractivity contribution is -0.119. The van der Waals surface area contributed by atoms with Crippen LogP contribution in [0.4, 0.5) is 0 Å². The van der Waals surface area contributed by atoms with Crippen molar-refractivity contribution in [2.75, 3.05) is 13.7 Å². The van der Waals surface area contributed by atoms with Crippen LogP contribution in [0.25, 0.3) is 0 Å². The minimum absolute atomic E-state index is 0.0758. The summed E-state index contributed by atoms with van der Waals surface area (Å²) in [6.45, 7) is 0.132. The minimum Gasteiger partial charge on any atom is -0.493 e. The van der Waals surface area contributed by atoms with Crippen molar-refractivity contribution in [3.05, 3.63) is 76.0 Å². The van der Waals surface area contributed by atoms with Crippen LogP contribution in [0, 0.1) is 0 Å². The first-order chi connectivity index (χ1) is 15.8. The second-order valence-electron chi connectivity index (χ2n) is 6.85. The lowest BCUT2D eigenvalue weighted by Gasteiger charge is -2.12. The Hall–Kier alpha value is -3.41. The number of hydrogen-bond donors (Lipinski definition) is 3. The zero-order chi connectivity index (χ0) is 23.8. The van der Waals surface area contributed by atoms with Crippen molar-refractivity contribution in [1.29, 1.82) is 0 Å². The summed E-state index contributed by atoms with van der Waals surface area (Å²) in [7, 11) is -2.23. The number of carbonyl (C=O) groups is 2. The highest BCUT2D eigenvalue weighted by molar-refractivity contribution is 7.89. The molecule has 11 heteroatoms. The fourth-order valence-electron chi connectivity index (χ4n) is 2.82. The first-order valence-corrected chi connectivity index (χ1v) is 12.1. The topological polar surface area (TPSA) is 137 Å². The Labute approximate surface area is 195 Å². The molecule has 0 fully saturated rings. The van der Waals surface area contributed by atoms with Crippen LogP contribution >= 0.6 is 11.3 Å². The lowest BCUT2D eigenvalue weighted by Crippen LogP contribution is -2.24. The van der Waals surface area contributed by atoms with E-state index >= 15 is 0 Å². The average molecular weight is 490 g/mol. The SMILES string of the molecule is COc1cc(CNC(=O)c2ccc(S(=O)(=O)NCc3cccs3)cc2)ccc1OCC(N)=O. The summed E-state index contributed by atoms with van der Waals surface area (Å²) in [5, 5.41) is 4.64. The molecule has 174 valence electrons. The first kappa shape index (κ1) is 24.2. The third-order valence-electron chi connectivity index (χ3n) is 4.49. The Morgan fingerprint density at radius 2 is 1.79 bits per heavy atom. The summed E-state index contributed by atoms with van der Waals surface area (Å²) in [5.41, 5.74) is 6.14. The van der Waals surface area contributed by atoms with Gasteiger partial charge in [-0.2, -0.15) is 0 Å². The summed E-state index contributed by atoms with van der Waals surface area (Å²) < 4.78 is 37.9. The van der Waals surface area contributed by atoms with Gasteiger partial charge in [-0.15, -0.1) is 11.3 Å². The van der Waals surface area contributed by atoms with Crippen molar-refractivity contribution in [3.8, 4) is 11.5 Å². The standard InChI is InChI=1S/C22H23N3O6S2/c1-30-20-11-15(4-9-19(20)31-14-21(23)26)12-24-22(27)16-5-7-18(8-6-16)33(28,29)25-13-17-3-2-10-32-17/h2-11,25H,12-14H2,1H3,(H2,23,26)(H,24,27). The maximum absolute atomic E-state index is 12.5. The number of nitrogens with one attached hydrogen (secondary N) is 2. The van der Waals surface area contributed by atoms with Crippen LogP contribution in [0.15, 0.2) is 64.9 Å². The predicted molar refractivity (Wildman–Crippen MR) is 124 cm³/mol. The fourth-order valence-corrected chi connectivity index (χ4v) is 4.57. The van der Waals surface area contributed by atoms with Gasteiger partial charge >= 0.3 is 0 Å². The molecule has 3 rings (SSSR count). The van der Waals surface area contributed by atoms with Gasteiger partial charge in [-0.25, -0.2) is 13.1 Å². The monoisotopic (exact) mass is 489 g/mol. The van der Waals surface area contributed by atoms with E-state index in [0.29, 0.717) is 17.1 Å². The molecule has 0 radical (unpaired) electrons. The quantitative estimate of drug-likeness (QED) is 0.377. The number of carbonyl (C=O) groups excluding carboxylic acids is 2. The van der Waals surface area contributed by atoms with E-state index in [2.05, 4.69) is 10.0 Å². The maximum Gasteiger partial charge on any atom is 0.255 e. The summed E-state index contributed by atoms with van der Waals surface area (Å²) >= 11 is 1.46. The second-order valence-corrected chi connectivity index (χ2v) is 9.65. The number of benzene rings is 2. The van der Waals surface area contributed by atoms with Gasteiger partial charge in [0.05, 0.1) is 12.0 Å². The molecule has 1 aromatic heterocycles. The molecule has 0 unspecified atom stereocenters. The van der Waals surface area contributed by atoms with E-state index in [1.165, 1.54) is 42.7 Å². The van der Waals surface area contributed by atoms with Crippen LogP contribution in [0.1, 0.15) is 20.8 Å². The van der Waals surface area contributed by atoms with Gasteiger partial charge in [-0.05, 0) is 53.4 Å². The molecule has 0 spiro atoms. The van der Waals surface area contributed by atoms with Gasteiger partial charge in [-0.1, -0.05) is 12.1 Å². The van der Waals surface area contributed by atoms with Crippen LogP contribution in [-0.4, -0.2) is 33.9 Å². The van der Waals surface area contributed by atoms with Gasteiger partial charge in [0.1, 0.15) is 0 Å². The molecule has 0 saturated carbocycles. The number of methoxy groups -OCH3 is 1. The first-order valence-electron chi connectivity index (χ1n) is 9.77. The van der Waals surface area contributed by atoms with Crippen LogP contribution in [0.2, 0.25) is 0 Å². The predicted octanol–water partition coefficient (Wildman–Crippen LogP) is 2.03. The smallest absolute Gasteiger partial charge is 0.255 e. The molecular weight excluding hydrogens is 466 g/mol. The van der Waals surface area contributed by atoms with E-state index in [1.807, 2.05) is 17.5 Å². The van der Waals surface area contributed by atoms with Gasteiger partial charge in [0, 0.05) is 23.5 Å². The number of sulfonamides is 1. The van der Waals surface area contributed by atoms with Gasteiger partial charge in [0.15, 0.2) is 18.1 Å². The molecule has 0 atom stereocenters. The molecule has 0 bridgehead atoms. The van der Waals surface area contributed by atoms with E-state index < -0.39 is 15.9 Å². The van der Waals surface area contributed by atoms with Crippen molar-refractivity contribution in [2.24, 2.45) is 5.73 Å². The molecule has 0 aliphatic heterocycles. The van der Waals surface area contributed by atoms with Gasteiger partial charge in [0.2, 0.25) is 10.0 Å². The van der Waals surface area contributed by atoms with Gasteiger partial charge < -0.3 is 20.5 Å². The number of hydrogen-bond acceptors (Lipinski definition) is 7. The van der Waals surface area contributed by atoms with Crippen LogP contribution in [0.3, 0.4) is 0 Å². The Balaban J connectivity index is 1.58. The molecule has 2 amide bonds. The van der Waals surface area contributed by atoms with Crippen molar-refractivity contribution in [1.82, 2.24) is 10.0 Å². The number of primary amides is 1. The second kappa shape index (κ2) is 10.9. The van der Waals surface area contributed by atoms with Gasteiger partial charge in [-0.3, -0.25) is 9.59 Å². The van der Waals surface area contributed by atoms with Crippen molar-refractivity contribution < 1.29 is 27.5 Å². The highest BCUT2D eigenvalue weighted by atomic mass is 32.2. The fraction of sp³-hybridized carbons (Fsp3) is 0.182. The number of ether oxygens (including phenoxy) is 2. The molecule has 0 saturated heterocycles. The summed E-state index contributed by atoms with van der Waals surface area (Å²) in [6.07, 6.45) is 0. The summed E-state index contributed by atoms with van der Waals surface area (Å²) in [6, 6.07) is 14.4. The summed E-state index contributed by atoms with van der Waals surface area (Å²) in [5.74, 6) is -0.215. The van der Waals surface area contributed by atoms with E-state index in [1.54, 1.807) is 18.2 Å². The van der Waals surface area contributed by atoms with E-state index in [4.69, 9.17) is 15.2 Å². The molecule has 0 aliphatic rings. The Bertz CT molecular complexity index is 1210. The number of thiophene rings is 1. The number of amides is 2. The molecule has 33 heavy (non-hydrogen) atoms. The van der Waals surface area contributed by atoms with Crippen molar-refractivity contribution in [3.63, 3.8) is 0 Å².